The monoisotopic (exact) mass is 3010 g/mol. The van der Waals surface area contributed by atoms with Gasteiger partial charge in [0.15, 0.2) is 0 Å². The minimum Gasteiger partial charge on any atom is -2.00 e. The third-order valence-corrected chi connectivity index (χ3v) is 0. The second-order valence-electron chi connectivity index (χ2n) is 0. The van der Waals surface area contributed by atoms with E-state index in [1.807, 2.05) is 0 Å². The zero-order chi connectivity index (χ0) is 0. The van der Waals surface area contributed by atoms with Crippen LogP contribution in [0.5, 0.6) is 0 Å². The van der Waals surface area contributed by atoms with Gasteiger partial charge in [-0.1, -0.05) is 0 Å². The van der Waals surface area contributed by atoms with Crippen molar-refractivity contribution in [2.24, 2.45) is 0 Å². The molecular formula is H26Na6O40W12-48. The van der Waals surface area contributed by atoms with Gasteiger partial charge in [-0.3, -0.25) is 0 Å². The van der Waals surface area contributed by atoms with Gasteiger partial charge >= 0.3 is 177 Å². The second-order valence-corrected chi connectivity index (χ2v) is 0. The molecule has 0 aromatic rings. The van der Waals surface area contributed by atoms with Crippen molar-refractivity contribution in [3.05, 3.63) is 0 Å². The van der Waals surface area contributed by atoms with E-state index in [0.717, 1.165) is 0 Å². The van der Waals surface area contributed by atoms with Crippen molar-refractivity contribution in [1.82, 2.24) is 0 Å². The largest absolute Gasteiger partial charge is 2.00 e. The first kappa shape index (κ1) is 2140. The number of hydrogen-bond acceptors (Lipinski definition) is 2. The van der Waals surface area contributed by atoms with Gasteiger partial charge in [0.2, 0.25) is 0 Å². The quantitative estimate of drug-likeness (QED) is 0.213. The zero-order valence-corrected chi connectivity index (χ0v) is 75.6. The van der Waals surface area contributed by atoms with Crippen molar-refractivity contribution in [3.63, 3.8) is 0 Å². The molecule has 0 bridgehead atoms. The molecular weight excluding hydrogens is 2980 g/mol. The fourth-order valence-corrected chi connectivity index (χ4v) is 0. The van der Waals surface area contributed by atoms with E-state index in [-0.39, 0.29) is 649 Å². The van der Waals surface area contributed by atoms with E-state index in [4.69, 9.17) is 0 Å². The van der Waals surface area contributed by atoms with Crippen molar-refractivity contribution in [2.75, 3.05) is 0 Å². The second kappa shape index (κ2) is 2050. The summed E-state index contributed by atoms with van der Waals surface area (Å²) in [7, 11) is 0. The van der Waals surface area contributed by atoms with Gasteiger partial charge in [-0.15, -0.1) is 0 Å². The predicted octanol–water partition coefficient (Wildman–Crippen LogP) is -31.3. The van der Waals surface area contributed by atoms with Crippen LogP contribution in [0.3, 0.4) is 0 Å². The fourth-order valence-electron chi connectivity index (χ4n) is 0. The first-order chi connectivity index (χ1) is 0. The van der Waals surface area contributed by atoms with Crippen LogP contribution in [0.25, 0.3) is 0 Å². The predicted molar refractivity (Wildman–Crippen MR) is 65.1 cm³/mol. The average Bonchev–Trinajstić information content (AvgIpc) is 0. The Balaban J connectivity index is 0. The Labute approximate surface area is 636 Å². The average molecular weight is 3010 g/mol. The molecule has 0 unspecified atom stereocenters. The molecule has 0 aromatic heterocycles. The maximum atomic E-state index is 0. The third-order valence-electron chi connectivity index (χ3n) is 0. The van der Waals surface area contributed by atoms with E-state index in [1.54, 1.807) is 0 Å². The van der Waals surface area contributed by atoms with Crippen molar-refractivity contribution in [3.8, 4) is 0 Å². The summed E-state index contributed by atoms with van der Waals surface area (Å²) in [6, 6.07) is 0. The van der Waals surface area contributed by atoms with E-state index in [0.29, 0.717) is 0 Å². The fraction of sp³-hybridized carbons (Fsp3) is 0. The van der Waals surface area contributed by atoms with E-state index >= 15 is 0 Å². The van der Waals surface area contributed by atoms with E-state index in [9.17, 15) is 0 Å². The van der Waals surface area contributed by atoms with Gasteiger partial charge in [-0.2, -0.15) is 0 Å². The van der Waals surface area contributed by atoms with Gasteiger partial charge in [0.25, 0.3) is 0 Å². The molecule has 58 heavy (non-hydrogen) atoms. The molecule has 0 aliphatic carbocycles. The van der Waals surface area contributed by atoms with Crippen molar-refractivity contribution in [1.29, 1.82) is 0 Å². The van der Waals surface area contributed by atoms with Crippen LogP contribution < -0.4 is 177 Å². The van der Waals surface area contributed by atoms with E-state index < -0.39 is 0 Å². The molecule has 0 rings (SSSR count). The van der Waals surface area contributed by atoms with E-state index in [2.05, 4.69) is 0 Å². The molecule has 0 aliphatic rings. The minimum absolute atomic E-state index is 0. The molecule has 0 spiro atoms. The van der Waals surface area contributed by atoms with Crippen molar-refractivity contribution < 1.29 is 649 Å². The van der Waals surface area contributed by atoms with Crippen LogP contribution in [0.2, 0.25) is 0 Å². The van der Waals surface area contributed by atoms with Crippen molar-refractivity contribution in [2.45, 2.75) is 0 Å². The molecule has 392 valence electrons. The zero-order valence-electron chi connectivity index (χ0n) is 28.4. The van der Waals surface area contributed by atoms with Gasteiger partial charge in [0.05, 0.1) is 0 Å². The summed E-state index contributed by atoms with van der Waals surface area (Å²) in [4.78, 5) is 0. The summed E-state index contributed by atoms with van der Waals surface area (Å²) in [5.41, 5.74) is 0. The topological polar surface area (TPSA) is 1180 Å². The maximum Gasteiger partial charge on any atom is 1.00 e. The minimum atomic E-state index is 0. The molecule has 0 atom stereocenters. The van der Waals surface area contributed by atoms with Gasteiger partial charge in [-0.25, -0.2) is 0 Å². The number of hydrogen-bond donors (Lipinski definition) is 0. The summed E-state index contributed by atoms with van der Waals surface area (Å²) >= 11 is 0. The molecule has 0 amide bonds. The molecule has 0 heterocycles. The Bertz CT molecular complexity index is 68.4. The summed E-state index contributed by atoms with van der Waals surface area (Å²) in [5, 5.41) is 0. The first-order valence-electron chi connectivity index (χ1n) is 0. The van der Waals surface area contributed by atoms with Crippen LogP contribution in [0.15, 0.2) is 0 Å². The van der Waals surface area contributed by atoms with Gasteiger partial charge in [0, 0.05) is 253 Å². The standard InChI is InChI=1S/6Na.14H2O.26O.12W/h;;;;;;14*1H2;;;;;;;;;;;;;;;;;;;;;;;;;;;;;;;;;;;;;;/q6*+1;;;;;;;;;;;;;;;26*-2;;;;;;;;;;;;/p-2. The molecule has 0 aromatic carbocycles. The summed E-state index contributed by atoms with van der Waals surface area (Å²) in [6.07, 6.45) is 0. The van der Waals surface area contributed by atoms with E-state index in [1.165, 1.54) is 0 Å². The summed E-state index contributed by atoms with van der Waals surface area (Å²) in [6.45, 7) is 0. The Morgan fingerprint density at radius 3 is 0.0862 bits per heavy atom. The SMILES string of the molecule is O.O.O.O.O.O.O.O.O.O.O.O.[Na+].[Na+].[Na+].[Na+].[Na+].[Na+].[O-2].[O-2].[O-2].[O-2].[O-2].[O-2].[O-2].[O-2].[O-2].[O-2].[O-2].[O-2].[O-2].[O-2].[O-2].[O-2].[O-2].[O-2].[O-2].[O-2].[O-2].[O-2].[O-2].[O-2].[O-2].[O-2].[OH-].[OH-].[W].[W].[W].[W].[W].[W].[W].[W].[W].[W].[W].[W]. The Morgan fingerprint density at radius 2 is 0.0862 bits per heavy atom. The van der Waals surface area contributed by atoms with Crippen LogP contribution in [-0.2, 0) is 395 Å². The van der Waals surface area contributed by atoms with Gasteiger partial charge in [0.1, 0.15) is 0 Å². The molecule has 0 aliphatic heterocycles. The molecule has 0 saturated heterocycles. The summed E-state index contributed by atoms with van der Waals surface area (Å²) in [5.74, 6) is 0. The van der Waals surface area contributed by atoms with Crippen LogP contribution in [0.1, 0.15) is 0 Å². The Morgan fingerprint density at radius 1 is 0.0862 bits per heavy atom. The molecule has 58 heteroatoms. The smallest absolute Gasteiger partial charge is 1.00 e. The molecule has 40 nitrogen and oxygen atoms in total. The Hall–Kier alpha value is 12.7. The van der Waals surface area contributed by atoms with Gasteiger partial charge in [-0.05, 0) is 0 Å². The van der Waals surface area contributed by atoms with Gasteiger partial charge < -0.3 is 219 Å². The first-order valence-corrected chi connectivity index (χ1v) is 0. The Kier molecular flexibility index (Phi) is 75600. The maximum absolute atomic E-state index is 0. The van der Waals surface area contributed by atoms with Crippen LogP contribution >= 0.6 is 0 Å². The van der Waals surface area contributed by atoms with Crippen LogP contribution in [0, 0.1) is 0 Å². The molecule has 0 radical (unpaired) electrons. The molecule has 26 N–H and O–H groups in total. The summed E-state index contributed by atoms with van der Waals surface area (Å²) < 4.78 is 0. The normalized spacial score (nSPS) is 0. The van der Waals surface area contributed by atoms with Crippen molar-refractivity contribution >= 4 is 0 Å². The molecule has 0 saturated carbocycles. The molecule has 0 fully saturated rings. The number of rotatable bonds is 0. The van der Waals surface area contributed by atoms with Crippen LogP contribution in [0.4, 0.5) is 0 Å². The third kappa shape index (κ3) is 1960. The van der Waals surface area contributed by atoms with Crippen LogP contribution in [-0.4, -0.2) is 76.7 Å².